The van der Waals surface area contributed by atoms with Crippen LogP contribution in [0, 0.1) is 235 Å². The molecule has 0 N–H and O–H groups in total. The molecule has 0 fully saturated rings. The maximum Gasteiger partial charge on any atom is 0.242 e. The van der Waals surface area contributed by atoms with Gasteiger partial charge in [-0.15, -0.1) is 0 Å². The van der Waals surface area contributed by atoms with Crippen molar-refractivity contribution in [3.05, 3.63) is 466 Å². The predicted octanol–water partition coefficient (Wildman–Crippen LogP) is 21.8. The molecule has 0 aliphatic carbocycles. The lowest BCUT2D eigenvalue weighted by molar-refractivity contribution is 1.16. The number of fused-ring (bicyclic) bond motifs is 4. The first kappa shape index (κ1) is 103. The monoisotopic (exact) mass is 1870 g/mol. The molecule has 0 atom stereocenters. The van der Waals surface area contributed by atoms with Gasteiger partial charge in [-0.2, -0.15) is 0 Å². The first-order valence-electron chi connectivity index (χ1n) is 52.9. The van der Waals surface area contributed by atoms with Gasteiger partial charge >= 0.3 is 0 Å². The minimum Gasteiger partial charge on any atom is -0.0687 e. The largest absolute Gasteiger partial charge is 0.242 e. The van der Waals surface area contributed by atoms with Crippen molar-refractivity contribution < 1.29 is 0 Å². The fourth-order valence-corrected chi connectivity index (χ4v) is 27.9. The zero-order valence-electron chi connectivity index (χ0n) is 93.1. The summed E-state index contributed by atoms with van der Waals surface area (Å²) in [5, 5.41) is 0. The second-order valence-electron chi connectivity index (χ2n) is 45.1. The number of rotatable bonds is 16. The molecule has 0 amide bonds. The molecular weight excluding hydrogens is 1720 g/mol. The Labute approximate surface area is 868 Å². The molecule has 0 bridgehead atoms. The molecule has 0 aromatic heterocycles. The summed E-state index contributed by atoms with van der Waals surface area (Å²) in [5.41, 5.74) is 82.9. The van der Waals surface area contributed by atoms with E-state index in [1.807, 2.05) is 0 Å². The first-order chi connectivity index (χ1) is 68.4. The molecule has 0 saturated heterocycles. The first-order valence-corrected chi connectivity index (χ1v) is 52.9. The maximum absolute atomic E-state index is 2.46. The Bertz CT molecular complexity index is 6960. The molecule has 2 aliphatic rings. The van der Waals surface area contributed by atoms with E-state index in [9.17, 15) is 0 Å². The fourth-order valence-electron chi connectivity index (χ4n) is 27.9. The van der Waals surface area contributed by atoms with Gasteiger partial charge in [-0.05, 0) is 304 Å². The molecule has 17 aromatic rings. The van der Waals surface area contributed by atoms with Crippen LogP contribution in [0.15, 0.2) is 255 Å². The molecule has 6 heteroatoms. The summed E-state index contributed by atoms with van der Waals surface area (Å²) >= 11 is 0. The van der Waals surface area contributed by atoms with Crippen LogP contribution in [-0.4, -0.2) is 40.3 Å². The average molecular weight is 1870 g/mol. The maximum atomic E-state index is 2.46. The van der Waals surface area contributed by atoms with Crippen LogP contribution in [0.3, 0.4) is 0 Å². The molecule has 144 heavy (non-hydrogen) atoms. The Morgan fingerprint density at radius 3 is 0.472 bits per heavy atom. The standard InChI is InChI=1S/C50H56B2.C48H52B2.C40H40B2/c1-29-19-35(7)47(36(8)20-29)51(48-37(9)21-30(2)22-38(48)10)43-15-17-45(33(5)27-43)46-18-16-44(28-34(46)6)52(49-39(11)23-31(3)24-40(49)12)50-41(13)25-32(4)26-42(50)14;1-29-21-33(5)45(34(6)22-29)49(46-35(7)23-30(2)24-36(46)8)43-17-13-41(14-18-43)42-15-19-44(20-16-42)50(47-37(9)25-31(3)26-38(47)10)48-39(11)27-32(4)28-40(48)12;1-23-13-27(5)37-31(17-23)21-32-18-24(2)14-28(6)38(32)41(37)35-9-11-36(12-10-35)42-39-29(7)15-25(3)19-33(39)22-34-20-26(4)16-30(8)40(34)42/h15-28H,1-14H3;13-28H,1-12H3;9-20H,21-22H2,1-8H3. The molecule has 17 aromatic carbocycles. The van der Waals surface area contributed by atoms with Gasteiger partial charge in [0.2, 0.25) is 40.3 Å². The van der Waals surface area contributed by atoms with Gasteiger partial charge in [-0.25, -0.2) is 0 Å². The molecule has 19 rings (SSSR count). The Morgan fingerprint density at radius 2 is 0.299 bits per heavy atom. The predicted molar refractivity (Wildman–Crippen MR) is 642 cm³/mol. The highest BCUT2D eigenvalue weighted by Crippen LogP contribution is 2.31. The van der Waals surface area contributed by atoms with Crippen LogP contribution in [0.1, 0.15) is 211 Å². The van der Waals surface area contributed by atoms with E-state index in [4.69, 9.17) is 0 Å². The lowest BCUT2D eigenvalue weighted by Gasteiger charge is -2.32. The zero-order chi connectivity index (χ0) is 103. The number of hydrogen-bond acceptors (Lipinski definition) is 0. The van der Waals surface area contributed by atoms with Crippen LogP contribution in [0.5, 0.6) is 0 Å². The van der Waals surface area contributed by atoms with E-state index in [2.05, 4.69) is 490 Å². The summed E-state index contributed by atoms with van der Waals surface area (Å²) in [5.74, 6) is 0. The minimum absolute atomic E-state index is 0.167. The van der Waals surface area contributed by atoms with E-state index in [1.54, 1.807) is 0 Å². The minimum atomic E-state index is 0.167. The average Bonchev–Trinajstić information content (AvgIpc) is 0.728. The molecule has 2 heterocycles. The summed E-state index contributed by atoms with van der Waals surface area (Å²) in [6.07, 6.45) is 2.05. The Morgan fingerprint density at radius 1 is 0.146 bits per heavy atom. The topological polar surface area (TPSA) is 0 Å². The van der Waals surface area contributed by atoms with Crippen molar-refractivity contribution in [3.63, 3.8) is 0 Å². The second-order valence-corrected chi connectivity index (χ2v) is 45.1. The van der Waals surface area contributed by atoms with Gasteiger partial charge in [0.15, 0.2) is 0 Å². The molecule has 0 saturated carbocycles. The van der Waals surface area contributed by atoms with Gasteiger partial charge in [0.1, 0.15) is 0 Å². The quantitative estimate of drug-likeness (QED) is 0.0846. The summed E-state index contributed by atoms with van der Waals surface area (Å²) in [6, 6.07) is 99.8. The van der Waals surface area contributed by atoms with Gasteiger partial charge in [-0.3, -0.25) is 0 Å². The van der Waals surface area contributed by atoms with Gasteiger partial charge in [0.05, 0.1) is 0 Å². The lowest BCUT2D eigenvalue weighted by atomic mass is 9.30. The summed E-state index contributed by atoms with van der Waals surface area (Å²) in [7, 11) is 0. The molecule has 0 unspecified atom stereocenters. The summed E-state index contributed by atoms with van der Waals surface area (Å²) in [6.45, 7) is 78.2. The van der Waals surface area contributed by atoms with Crippen LogP contribution in [0.4, 0.5) is 0 Å². The normalized spacial score (nSPS) is 11.9. The van der Waals surface area contributed by atoms with Crippen molar-refractivity contribution in [2.24, 2.45) is 0 Å². The van der Waals surface area contributed by atoms with Crippen LogP contribution in [-0.2, 0) is 12.8 Å². The second kappa shape index (κ2) is 41.3. The highest BCUT2D eigenvalue weighted by molar-refractivity contribution is 7.00. The van der Waals surface area contributed by atoms with Gasteiger partial charge < -0.3 is 0 Å². The molecule has 2 aliphatic heterocycles. The SMILES string of the molecule is Cc1cc(C)c(B(c2ccc(-c3ccc(B(c4c(C)cc(C)cc4C)c4c(C)cc(C)cc4C)cc3)cc2)c2c(C)cc(C)cc2C)c(C)c1.Cc1cc(C)c(B(c2ccc(-c3ccc(B(c4c(C)cc(C)cc4C)c4c(C)cc(C)cc4C)cc3C)c(C)c2)c2c(C)cc(C)cc2C)c(C)c1.Cc1cc(C)c2c(c1)Cc1cc(C)cc(C)c1B2c1ccc(B2c3c(C)cc(C)cc3Cc3cc(C)cc(C)c32)cc1. The van der Waals surface area contributed by atoms with Crippen molar-refractivity contribution in [2.75, 3.05) is 0 Å². The smallest absolute Gasteiger partial charge is 0.0687 e. The Balaban J connectivity index is 0.000000149. The zero-order valence-corrected chi connectivity index (χ0v) is 93.1. The molecule has 0 nitrogen and oxygen atoms in total. The number of hydrogen-bond donors (Lipinski definition) is 0. The third kappa shape index (κ3) is 20.3. The third-order valence-corrected chi connectivity index (χ3v) is 32.5. The van der Waals surface area contributed by atoms with E-state index in [0.717, 1.165) is 12.8 Å². The van der Waals surface area contributed by atoms with E-state index < -0.39 is 0 Å². The van der Waals surface area contributed by atoms with Crippen molar-refractivity contribution in [2.45, 2.75) is 248 Å². The van der Waals surface area contributed by atoms with Crippen molar-refractivity contribution >= 4 is 139 Å². The number of benzene rings is 17. The van der Waals surface area contributed by atoms with E-state index >= 15 is 0 Å². The third-order valence-electron chi connectivity index (χ3n) is 32.5. The summed E-state index contributed by atoms with van der Waals surface area (Å²) < 4.78 is 0. The molecular formula is C138H148B6. The van der Waals surface area contributed by atoms with Gasteiger partial charge in [-0.1, -0.05) is 531 Å². The Kier molecular flexibility index (Phi) is 29.4. The van der Waals surface area contributed by atoms with Crippen molar-refractivity contribution in [3.8, 4) is 22.3 Å². The van der Waals surface area contributed by atoms with Crippen LogP contribution < -0.4 is 98.3 Å². The van der Waals surface area contributed by atoms with E-state index in [-0.39, 0.29) is 40.3 Å². The van der Waals surface area contributed by atoms with Crippen LogP contribution in [0.25, 0.3) is 22.3 Å². The molecule has 0 spiro atoms. The highest BCUT2D eigenvalue weighted by atomic mass is 14.3. The molecule has 0 radical (unpaired) electrons. The van der Waals surface area contributed by atoms with Gasteiger partial charge in [0.25, 0.3) is 0 Å². The van der Waals surface area contributed by atoms with Gasteiger partial charge in [0, 0.05) is 0 Å². The highest BCUT2D eigenvalue weighted by Gasteiger charge is 2.40. The number of aryl methyl sites for hydroxylation is 34. The Hall–Kier alpha value is -12.9. The molecule has 718 valence electrons. The lowest BCUT2D eigenvalue weighted by Crippen LogP contribution is -2.60. The van der Waals surface area contributed by atoms with Crippen molar-refractivity contribution in [1.82, 2.24) is 0 Å². The van der Waals surface area contributed by atoms with Crippen LogP contribution in [0.2, 0.25) is 0 Å². The van der Waals surface area contributed by atoms with Crippen molar-refractivity contribution in [1.29, 1.82) is 0 Å². The van der Waals surface area contributed by atoms with Crippen LogP contribution >= 0.6 is 0 Å². The summed E-state index contributed by atoms with van der Waals surface area (Å²) in [4.78, 5) is 0. The van der Waals surface area contributed by atoms with E-state index in [1.165, 1.54) is 332 Å². The fraction of sp³-hybridized carbons (Fsp3) is 0.261. The van der Waals surface area contributed by atoms with E-state index in [0.29, 0.717) is 0 Å².